The summed E-state index contributed by atoms with van der Waals surface area (Å²) in [4.78, 5) is 26.8. The molecule has 0 aromatic carbocycles. The van der Waals surface area contributed by atoms with E-state index in [1.165, 1.54) is 12.3 Å². The zero-order valence-corrected chi connectivity index (χ0v) is 14.8. The highest BCUT2D eigenvalue weighted by Crippen LogP contribution is 2.28. The summed E-state index contributed by atoms with van der Waals surface area (Å²) in [6.45, 7) is 1.98. The number of halogens is 1. The lowest BCUT2D eigenvalue weighted by Crippen LogP contribution is -2.38. The predicted octanol–water partition coefficient (Wildman–Crippen LogP) is 2.88. The van der Waals surface area contributed by atoms with Gasteiger partial charge in [-0.05, 0) is 30.5 Å². The van der Waals surface area contributed by atoms with Gasteiger partial charge >= 0.3 is 0 Å². The van der Waals surface area contributed by atoms with Crippen molar-refractivity contribution in [3.05, 3.63) is 78.1 Å². The van der Waals surface area contributed by atoms with Crippen LogP contribution in [0.5, 0.6) is 0 Å². The molecule has 27 heavy (non-hydrogen) atoms. The molecule has 0 unspecified atom stereocenters. The zero-order valence-electron chi connectivity index (χ0n) is 14.8. The van der Waals surface area contributed by atoms with Crippen LogP contribution in [0.15, 0.2) is 55.4 Å². The average Bonchev–Trinajstić information content (AvgIpc) is 3.16. The molecule has 0 N–H and O–H groups in total. The molecule has 3 aromatic heterocycles. The summed E-state index contributed by atoms with van der Waals surface area (Å²) < 4.78 is 15.5. The van der Waals surface area contributed by atoms with Crippen molar-refractivity contribution in [2.24, 2.45) is 0 Å². The van der Waals surface area contributed by atoms with Crippen LogP contribution in [0.25, 0.3) is 0 Å². The van der Waals surface area contributed by atoms with Gasteiger partial charge in [0.1, 0.15) is 11.6 Å². The third-order valence-corrected chi connectivity index (χ3v) is 4.92. The highest BCUT2D eigenvalue weighted by Gasteiger charge is 2.27. The van der Waals surface area contributed by atoms with Crippen molar-refractivity contribution in [2.45, 2.75) is 25.3 Å². The van der Waals surface area contributed by atoms with Gasteiger partial charge in [-0.15, -0.1) is 0 Å². The number of carbonyl (C=O) groups excluding carboxylic acids is 1. The van der Waals surface area contributed by atoms with Crippen LogP contribution in [-0.2, 0) is 6.54 Å². The van der Waals surface area contributed by atoms with Gasteiger partial charge in [-0.25, -0.2) is 9.37 Å². The van der Waals surface area contributed by atoms with Gasteiger partial charge in [0.25, 0.3) is 5.91 Å². The molecule has 0 bridgehead atoms. The molecule has 0 atom stereocenters. The van der Waals surface area contributed by atoms with Crippen LogP contribution in [0.4, 0.5) is 4.39 Å². The SMILES string of the molecule is O=C(c1cncc(F)c1)N1CCC(c2nccn2Cc2cccnc2)CC1. The number of nitrogens with zero attached hydrogens (tertiary/aromatic N) is 5. The van der Waals surface area contributed by atoms with Gasteiger partial charge in [-0.3, -0.25) is 14.8 Å². The maximum atomic E-state index is 13.3. The highest BCUT2D eigenvalue weighted by molar-refractivity contribution is 5.93. The first kappa shape index (κ1) is 17.3. The normalized spacial score (nSPS) is 15.1. The lowest BCUT2D eigenvalue weighted by Gasteiger charge is -2.32. The Morgan fingerprint density at radius 3 is 2.74 bits per heavy atom. The second kappa shape index (κ2) is 7.65. The first-order valence-electron chi connectivity index (χ1n) is 9.00. The van der Waals surface area contributed by atoms with Crippen molar-refractivity contribution in [2.75, 3.05) is 13.1 Å². The second-order valence-electron chi connectivity index (χ2n) is 6.73. The quantitative estimate of drug-likeness (QED) is 0.713. The van der Waals surface area contributed by atoms with Gasteiger partial charge in [0, 0.05) is 50.0 Å². The predicted molar refractivity (Wildman–Crippen MR) is 97.6 cm³/mol. The molecular formula is C20H20FN5O. The number of piperidine rings is 1. The lowest BCUT2D eigenvalue weighted by atomic mass is 9.95. The number of hydrogen-bond donors (Lipinski definition) is 0. The zero-order chi connectivity index (χ0) is 18.6. The Morgan fingerprint density at radius 1 is 1.15 bits per heavy atom. The molecule has 1 aliphatic heterocycles. The van der Waals surface area contributed by atoms with Crippen molar-refractivity contribution in [3.8, 4) is 0 Å². The number of rotatable bonds is 4. The fourth-order valence-corrected chi connectivity index (χ4v) is 3.55. The molecular weight excluding hydrogens is 345 g/mol. The van der Waals surface area contributed by atoms with Gasteiger partial charge in [0.05, 0.1) is 18.3 Å². The second-order valence-corrected chi connectivity index (χ2v) is 6.73. The number of pyridine rings is 2. The molecule has 0 spiro atoms. The summed E-state index contributed by atoms with van der Waals surface area (Å²) in [7, 11) is 0. The molecule has 0 radical (unpaired) electrons. The first-order chi connectivity index (χ1) is 13.2. The lowest BCUT2D eigenvalue weighted by molar-refractivity contribution is 0.0709. The summed E-state index contributed by atoms with van der Waals surface area (Å²) in [6.07, 6.45) is 11.6. The smallest absolute Gasteiger partial charge is 0.255 e. The Kier molecular flexibility index (Phi) is 4.91. The number of carbonyl (C=O) groups is 1. The van der Waals surface area contributed by atoms with Crippen molar-refractivity contribution in [1.82, 2.24) is 24.4 Å². The molecule has 138 valence electrons. The van der Waals surface area contributed by atoms with Gasteiger partial charge in [0.2, 0.25) is 0 Å². The van der Waals surface area contributed by atoms with E-state index in [-0.39, 0.29) is 5.91 Å². The van der Waals surface area contributed by atoms with E-state index in [2.05, 4.69) is 19.5 Å². The Bertz CT molecular complexity index is 919. The molecule has 1 aliphatic rings. The average molecular weight is 365 g/mol. The third-order valence-electron chi connectivity index (χ3n) is 4.92. The van der Waals surface area contributed by atoms with Crippen LogP contribution in [0, 0.1) is 5.82 Å². The number of aromatic nitrogens is 4. The van der Waals surface area contributed by atoms with Gasteiger partial charge in [-0.2, -0.15) is 0 Å². The van der Waals surface area contributed by atoms with Gasteiger partial charge in [0.15, 0.2) is 0 Å². The minimum absolute atomic E-state index is 0.167. The van der Waals surface area contributed by atoms with E-state index in [0.717, 1.165) is 37.0 Å². The van der Waals surface area contributed by atoms with Crippen molar-refractivity contribution >= 4 is 5.91 Å². The van der Waals surface area contributed by atoms with E-state index in [1.807, 2.05) is 30.7 Å². The minimum atomic E-state index is -0.492. The Morgan fingerprint density at radius 2 is 2.00 bits per heavy atom. The molecule has 7 heteroatoms. The van der Waals surface area contributed by atoms with Crippen LogP contribution in [-0.4, -0.2) is 43.4 Å². The standard InChI is InChI=1S/C20H20FN5O/c21-18-10-17(12-23-13-18)20(27)25-7-3-16(4-8-25)19-24-6-9-26(19)14-15-2-1-5-22-11-15/h1-2,5-6,9-13,16H,3-4,7-8,14H2. The summed E-state index contributed by atoms with van der Waals surface area (Å²) >= 11 is 0. The largest absolute Gasteiger partial charge is 0.339 e. The molecule has 1 saturated heterocycles. The molecule has 6 nitrogen and oxygen atoms in total. The van der Waals surface area contributed by atoms with Gasteiger partial charge in [-0.1, -0.05) is 6.07 Å². The topological polar surface area (TPSA) is 63.9 Å². The van der Waals surface area contributed by atoms with Crippen molar-refractivity contribution in [3.63, 3.8) is 0 Å². The van der Waals surface area contributed by atoms with Crippen molar-refractivity contribution < 1.29 is 9.18 Å². The molecule has 0 aliphatic carbocycles. The van der Waals surface area contributed by atoms with E-state index < -0.39 is 5.82 Å². The summed E-state index contributed by atoms with van der Waals surface area (Å²) in [5.74, 6) is 0.678. The van der Waals surface area contributed by atoms with E-state index in [0.29, 0.717) is 24.6 Å². The number of hydrogen-bond acceptors (Lipinski definition) is 4. The van der Waals surface area contributed by atoms with Crippen LogP contribution in [0.3, 0.4) is 0 Å². The number of amides is 1. The number of imidazole rings is 1. The van der Waals surface area contributed by atoms with E-state index in [1.54, 1.807) is 11.1 Å². The van der Waals surface area contributed by atoms with Crippen molar-refractivity contribution in [1.29, 1.82) is 0 Å². The minimum Gasteiger partial charge on any atom is -0.339 e. The summed E-state index contributed by atoms with van der Waals surface area (Å²) in [6, 6.07) is 5.21. The summed E-state index contributed by atoms with van der Waals surface area (Å²) in [5, 5.41) is 0. The summed E-state index contributed by atoms with van der Waals surface area (Å²) in [5.41, 5.74) is 1.43. The van der Waals surface area contributed by atoms with Gasteiger partial charge < -0.3 is 9.47 Å². The Balaban J connectivity index is 1.41. The van der Waals surface area contributed by atoms with E-state index in [9.17, 15) is 9.18 Å². The molecule has 1 amide bonds. The molecule has 1 fully saturated rings. The van der Waals surface area contributed by atoms with E-state index in [4.69, 9.17) is 0 Å². The number of likely N-dealkylation sites (tertiary alicyclic amines) is 1. The Hall–Kier alpha value is -3.09. The Labute approximate surface area is 156 Å². The molecule has 0 saturated carbocycles. The van der Waals surface area contributed by atoms with E-state index >= 15 is 0 Å². The van der Waals surface area contributed by atoms with Crippen LogP contribution < -0.4 is 0 Å². The maximum absolute atomic E-state index is 13.3. The molecule has 4 rings (SSSR count). The van der Waals surface area contributed by atoms with Crippen LogP contribution in [0.1, 0.15) is 40.5 Å². The fraction of sp³-hybridized carbons (Fsp3) is 0.300. The highest BCUT2D eigenvalue weighted by atomic mass is 19.1. The molecule has 3 aromatic rings. The van der Waals surface area contributed by atoms with Crippen LogP contribution >= 0.6 is 0 Å². The first-order valence-corrected chi connectivity index (χ1v) is 9.00. The molecule has 4 heterocycles. The maximum Gasteiger partial charge on any atom is 0.255 e. The fourth-order valence-electron chi connectivity index (χ4n) is 3.55. The third kappa shape index (κ3) is 3.86. The van der Waals surface area contributed by atoms with Crippen LogP contribution in [0.2, 0.25) is 0 Å². The monoisotopic (exact) mass is 365 g/mol.